The maximum Gasteiger partial charge on any atom is 0.108 e. The Balaban J connectivity index is 3.58. The monoisotopic (exact) mass is 138 g/mol. The Hall–Kier alpha value is -0.160. The highest BCUT2D eigenvalue weighted by Crippen LogP contribution is 1.97. The van der Waals surface area contributed by atoms with Gasteiger partial charge < -0.3 is 20.4 Å². The average Bonchev–Trinajstić information content (AvgIpc) is 1.84. The van der Waals surface area contributed by atoms with E-state index in [1.807, 2.05) is 0 Å². The lowest BCUT2D eigenvalue weighted by Crippen LogP contribution is -2.37. The molecule has 56 valence electrons. The predicted octanol–water partition coefficient (Wildman–Crippen LogP) is -1.92. The molecule has 0 fully saturated rings. The van der Waals surface area contributed by atoms with Crippen molar-refractivity contribution < 1.29 is 20.4 Å². The van der Waals surface area contributed by atoms with Crippen LogP contribution in [0.2, 0.25) is 0 Å². The fraction of sp³-hybridized carbons (Fsp3) is 1.00. The summed E-state index contributed by atoms with van der Waals surface area (Å²) in [5.41, 5.74) is 0. The van der Waals surface area contributed by atoms with Crippen molar-refractivity contribution >= 4 is 0 Å². The van der Waals surface area contributed by atoms with E-state index in [0.29, 0.717) is 0 Å². The zero-order valence-electron chi connectivity index (χ0n) is 5.23. The summed E-state index contributed by atoms with van der Waals surface area (Å²) in [5, 5.41) is 34.2. The fourth-order valence-corrected chi connectivity index (χ4v) is 0.429. The van der Waals surface area contributed by atoms with Gasteiger partial charge in [0.2, 0.25) is 0 Å². The van der Waals surface area contributed by atoms with E-state index in [0.717, 1.165) is 0 Å². The molecule has 0 aromatic heterocycles. The standard InChI is InChI=1S/C5H12O4/c1-3(7)5(9)4(8)2-6/h3-9H,2H2,1H3/t3?,4-,5+/m1/s1/i1+2. The maximum atomic E-state index is 8.73. The molecule has 0 spiro atoms. The molecular weight excluding hydrogens is 126 g/mol. The van der Waals surface area contributed by atoms with Crippen molar-refractivity contribution in [1.82, 2.24) is 0 Å². The van der Waals surface area contributed by atoms with Crippen molar-refractivity contribution in [3.8, 4) is 0 Å². The second-order valence-corrected chi connectivity index (χ2v) is 1.98. The molecule has 0 aromatic carbocycles. The lowest BCUT2D eigenvalue weighted by Gasteiger charge is -2.17. The molecule has 0 rings (SSSR count). The average molecular weight is 138 g/mol. The van der Waals surface area contributed by atoms with Gasteiger partial charge in [-0.3, -0.25) is 0 Å². The molecule has 0 aliphatic carbocycles. The van der Waals surface area contributed by atoms with Crippen molar-refractivity contribution in [2.75, 3.05) is 6.61 Å². The molecule has 0 aliphatic rings. The van der Waals surface area contributed by atoms with Gasteiger partial charge in [0, 0.05) is 0 Å². The first-order chi connectivity index (χ1) is 4.09. The Bertz CT molecular complexity index is 73.4. The van der Waals surface area contributed by atoms with E-state index in [1.54, 1.807) is 0 Å². The van der Waals surface area contributed by atoms with Crippen LogP contribution in [0.4, 0.5) is 0 Å². The molecule has 0 bridgehead atoms. The number of aliphatic hydroxyl groups is 4. The minimum absolute atomic E-state index is 0.536. The Kier molecular flexibility index (Phi) is 3.72. The van der Waals surface area contributed by atoms with Gasteiger partial charge in [-0.1, -0.05) is 0 Å². The number of hydrogen-bond acceptors (Lipinski definition) is 4. The Labute approximate surface area is 53.4 Å². The molecule has 3 atom stereocenters. The molecular formula is C5H12O4. The first kappa shape index (κ1) is 8.84. The molecule has 0 aliphatic heterocycles. The molecule has 0 saturated carbocycles. The first-order valence-corrected chi connectivity index (χ1v) is 2.74. The van der Waals surface area contributed by atoms with Gasteiger partial charge in [0.15, 0.2) is 0 Å². The summed E-state index contributed by atoms with van der Waals surface area (Å²) in [4.78, 5) is 0. The van der Waals surface area contributed by atoms with Gasteiger partial charge >= 0.3 is 0 Å². The van der Waals surface area contributed by atoms with Gasteiger partial charge in [0.05, 0.1) is 12.7 Å². The maximum absolute atomic E-state index is 8.73. The minimum Gasteiger partial charge on any atom is -0.394 e. The zero-order valence-corrected chi connectivity index (χ0v) is 5.23. The van der Waals surface area contributed by atoms with Crippen molar-refractivity contribution in [2.45, 2.75) is 25.2 Å². The van der Waals surface area contributed by atoms with Gasteiger partial charge in [-0.25, -0.2) is 0 Å². The highest BCUT2D eigenvalue weighted by atomic mass is 16.4. The molecule has 4 heteroatoms. The molecule has 0 saturated heterocycles. The van der Waals surface area contributed by atoms with Gasteiger partial charge in [-0.2, -0.15) is 0 Å². The molecule has 0 aromatic rings. The summed E-state index contributed by atoms with van der Waals surface area (Å²) in [6.07, 6.45) is -3.51. The molecule has 0 radical (unpaired) electrons. The Morgan fingerprint density at radius 1 is 1.22 bits per heavy atom. The lowest BCUT2D eigenvalue weighted by atomic mass is 10.2. The van der Waals surface area contributed by atoms with Gasteiger partial charge in [0.25, 0.3) is 0 Å². The van der Waals surface area contributed by atoms with Crippen LogP contribution in [0.3, 0.4) is 0 Å². The van der Waals surface area contributed by atoms with Gasteiger partial charge in [-0.15, -0.1) is 0 Å². The van der Waals surface area contributed by atoms with E-state index in [9.17, 15) is 0 Å². The Morgan fingerprint density at radius 2 is 1.67 bits per heavy atom. The van der Waals surface area contributed by atoms with Crippen LogP contribution in [0.5, 0.6) is 0 Å². The van der Waals surface area contributed by atoms with Gasteiger partial charge in [-0.05, 0) is 6.92 Å². The largest absolute Gasteiger partial charge is 0.394 e. The second kappa shape index (κ2) is 3.79. The summed E-state index contributed by atoms with van der Waals surface area (Å²) in [5.74, 6) is 0. The normalized spacial score (nSPS) is 21.0. The van der Waals surface area contributed by atoms with E-state index < -0.39 is 24.9 Å². The minimum atomic E-state index is -1.25. The third-order valence-corrected chi connectivity index (χ3v) is 1.08. The number of rotatable bonds is 3. The topological polar surface area (TPSA) is 80.9 Å². The van der Waals surface area contributed by atoms with E-state index in [4.69, 9.17) is 20.4 Å². The van der Waals surface area contributed by atoms with E-state index >= 15 is 0 Å². The van der Waals surface area contributed by atoms with Crippen molar-refractivity contribution in [3.05, 3.63) is 0 Å². The highest BCUT2D eigenvalue weighted by Gasteiger charge is 2.19. The van der Waals surface area contributed by atoms with E-state index in [-0.39, 0.29) is 0 Å². The fourth-order valence-electron chi connectivity index (χ4n) is 0.429. The van der Waals surface area contributed by atoms with Crippen LogP contribution in [0.1, 0.15) is 6.92 Å². The third kappa shape index (κ3) is 2.76. The highest BCUT2D eigenvalue weighted by molar-refractivity contribution is 4.70. The second-order valence-electron chi connectivity index (χ2n) is 1.98. The van der Waals surface area contributed by atoms with Crippen molar-refractivity contribution in [1.29, 1.82) is 0 Å². The summed E-state index contributed by atoms with van der Waals surface area (Å²) in [6, 6.07) is 0. The molecule has 0 heterocycles. The van der Waals surface area contributed by atoms with Crippen LogP contribution in [-0.4, -0.2) is 45.3 Å². The molecule has 9 heavy (non-hydrogen) atoms. The van der Waals surface area contributed by atoms with Crippen molar-refractivity contribution in [2.24, 2.45) is 0 Å². The van der Waals surface area contributed by atoms with Crippen LogP contribution >= 0.6 is 0 Å². The SMILES string of the molecule is [14CH3]C(O)[C@H](O)[C@H](O)CO. The summed E-state index contributed by atoms with van der Waals surface area (Å²) in [7, 11) is 0. The first-order valence-electron chi connectivity index (χ1n) is 2.74. The summed E-state index contributed by atoms with van der Waals surface area (Å²) >= 11 is 0. The number of hydrogen-bond donors (Lipinski definition) is 4. The lowest BCUT2D eigenvalue weighted by molar-refractivity contribution is -0.0698. The van der Waals surface area contributed by atoms with Crippen LogP contribution in [0.25, 0.3) is 0 Å². The quantitative estimate of drug-likeness (QED) is 0.366. The molecule has 1 unspecified atom stereocenters. The van der Waals surface area contributed by atoms with E-state index in [1.165, 1.54) is 6.92 Å². The van der Waals surface area contributed by atoms with Crippen LogP contribution in [0.15, 0.2) is 0 Å². The molecule has 0 amide bonds. The summed E-state index contributed by atoms with van der Waals surface area (Å²) in [6.45, 7) is 0.801. The smallest absolute Gasteiger partial charge is 0.108 e. The van der Waals surface area contributed by atoms with Crippen LogP contribution in [-0.2, 0) is 0 Å². The molecule has 4 N–H and O–H groups in total. The zero-order chi connectivity index (χ0) is 7.44. The molecule has 4 nitrogen and oxygen atoms in total. The van der Waals surface area contributed by atoms with Crippen molar-refractivity contribution in [3.63, 3.8) is 0 Å². The predicted molar refractivity (Wildman–Crippen MR) is 30.8 cm³/mol. The third-order valence-electron chi connectivity index (χ3n) is 1.08. The van der Waals surface area contributed by atoms with Crippen LogP contribution in [0, 0.1) is 0 Å². The van der Waals surface area contributed by atoms with E-state index in [2.05, 4.69) is 0 Å². The Morgan fingerprint density at radius 3 is 1.78 bits per heavy atom. The summed E-state index contributed by atoms with van der Waals surface area (Å²) < 4.78 is 0. The number of aliphatic hydroxyl groups excluding tert-OH is 4. The van der Waals surface area contributed by atoms with Crippen LogP contribution < -0.4 is 0 Å². The van der Waals surface area contributed by atoms with Gasteiger partial charge in [0.1, 0.15) is 12.2 Å².